The Morgan fingerprint density at radius 3 is 3.15 bits per heavy atom. The van der Waals surface area contributed by atoms with E-state index >= 15 is 0 Å². The number of aromatic amines is 1. The van der Waals surface area contributed by atoms with Gasteiger partial charge in [-0.3, -0.25) is 9.69 Å². The topological polar surface area (TPSA) is 65.4 Å². The summed E-state index contributed by atoms with van der Waals surface area (Å²) < 4.78 is 5.34. The number of furan rings is 1. The van der Waals surface area contributed by atoms with Crippen LogP contribution in [0.25, 0.3) is 6.08 Å². The van der Waals surface area contributed by atoms with E-state index in [1.807, 2.05) is 24.4 Å². The molecule has 6 nitrogen and oxygen atoms in total. The lowest BCUT2D eigenvalue weighted by atomic mass is 9.83. The van der Waals surface area contributed by atoms with Crippen LogP contribution < -0.4 is 0 Å². The maximum atomic E-state index is 12.5. The molecule has 2 atom stereocenters. The fourth-order valence-corrected chi connectivity index (χ4v) is 4.25. The number of piperidine rings is 2. The zero-order valence-corrected chi connectivity index (χ0v) is 15.0. The molecule has 26 heavy (non-hydrogen) atoms. The van der Waals surface area contributed by atoms with Gasteiger partial charge >= 0.3 is 0 Å². The number of hydrogen-bond acceptors (Lipinski definition) is 4. The predicted octanol–water partition coefficient (Wildman–Crippen LogP) is 2.57. The first kappa shape index (κ1) is 17.1. The largest absolute Gasteiger partial charge is 0.465 e. The lowest BCUT2D eigenvalue weighted by Crippen LogP contribution is -2.56. The molecule has 0 spiro atoms. The van der Waals surface area contributed by atoms with E-state index in [0.717, 1.165) is 56.9 Å². The minimum atomic E-state index is 0.317. The van der Waals surface area contributed by atoms with Crippen molar-refractivity contribution in [3.05, 3.63) is 48.5 Å². The monoisotopic (exact) mass is 354 g/mol. The van der Waals surface area contributed by atoms with Gasteiger partial charge in [0, 0.05) is 57.0 Å². The molecule has 0 aliphatic carbocycles. The summed E-state index contributed by atoms with van der Waals surface area (Å²) >= 11 is 0. The van der Waals surface area contributed by atoms with E-state index in [0.29, 0.717) is 24.3 Å². The summed E-state index contributed by atoms with van der Waals surface area (Å²) in [6.07, 6.45) is 13.1. The van der Waals surface area contributed by atoms with Crippen LogP contribution >= 0.6 is 0 Å². The highest BCUT2D eigenvalue weighted by atomic mass is 16.3. The molecule has 4 rings (SSSR count). The van der Waals surface area contributed by atoms with Gasteiger partial charge in [-0.25, -0.2) is 4.98 Å². The van der Waals surface area contributed by atoms with Crippen LogP contribution in [0.2, 0.25) is 0 Å². The van der Waals surface area contributed by atoms with Crippen molar-refractivity contribution in [2.24, 2.45) is 5.92 Å². The maximum absolute atomic E-state index is 12.5. The lowest BCUT2D eigenvalue weighted by molar-refractivity contribution is -0.140. The third-order valence-electron chi connectivity index (χ3n) is 5.59. The van der Waals surface area contributed by atoms with Crippen LogP contribution in [-0.2, 0) is 11.2 Å². The van der Waals surface area contributed by atoms with Crippen molar-refractivity contribution in [1.82, 2.24) is 19.8 Å². The summed E-state index contributed by atoms with van der Waals surface area (Å²) in [5, 5.41) is 0. The minimum absolute atomic E-state index is 0.317. The number of nitrogens with one attached hydrogen (secondary N) is 1. The average Bonchev–Trinajstić information content (AvgIpc) is 3.35. The number of fused-ring (bicyclic) bond motifs is 1. The summed E-state index contributed by atoms with van der Waals surface area (Å²) in [6, 6.07) is 4.26. The van der Waals surface area contributed by atoms with Gasteiger partial charge in [0.1, 0.15) is 5.76 Å². The first-order chi connectivity index (χ1) is 12.8. The molecule has 2 aliphatic heterocycles. The summed E-state index contributed by atoms with van der Waals surface area (Å²) in [4.78, 5) is 24.3. The van der Waals surface area contributed by atoms with Crippen molar-refractivity contribution in [3.63, 3.8) is 0 Å². The normalized spacial score (nSPS) is 24.3. The molecule has 0 bridgehead atoms. The van der Waals surface area contributed by atoms with Crippen molar-refractivity contribution >= 4 is 12.0 Å². The fraction of sp³-hybridized carbons (Fsp3) is 0.500. The highest BCUT2D eigenvalue weighted by Gasteiger charge is 2.38. The molecule has 2 aromatic heterocycles. The number of imidazole rings is 1. The Morgan fingerprint density at radius 2 is 2.35 bits per heavy atom. The van der Waals surface area contributed by atoms with Crippen LogP contribution in [0.15, 0.2) is 41.4 Å². The molecular formula is C20H26N4O2. The first-order valence-corrected chi connectivity index (χ1v) is 9.49. The van der Waals surface area contributed by atoms with Crippen molar-refractivity contribution in [3.8, 4) is 0 Å². The Hall–Kier alpha value is -2.34. The standard InChI is InChI=1S/C20H26N4O2/c25-20-6-5-16-14-23(9-1-3-18-4-2-12-26-18)10-8-19(16)24(20)11-7-17-13-21-15-22-17/h1-4,12-13,15-16,19H,5-11,14H2,(H,21,22)/b3-1+/t16-,19+/m1/s1. The number of hydrogen-bond donors (Lipinski definition) is 1. The second kappa shape index (κ2) is 7.91. The summed E-state index contributed by atoms with van der Waals surface area (Å²) in [6.45, 7) is 3.84. The number of amides is 1. The second-order valence-electron chi connectivity index (χ2n) is 7.25. The molecule has 138 valence electrons. The van der Waals surface area contributed by atoms with Crippen LogP contribution in [0.5, 0.6) is 0 Å². The SMILES string of the molecule is O=C1CC[C@@H]2CN(C/C=C/c3ccco3)CC[C@@H]2N1CCc1cnc[nH]1. The smallest absolute Gasteiger partial charge is 0.222 e. The summed E-state index contributed by atoms with van der Waals surface area (Å²) in [7, 11) is 0. The number of carbonyl (C=O) groups is 1. The first-order valence-electron chi connectivity index (χ1n) is 9.49. The predicted molar refractivity (Wildman–Crippen MR) is 99.3 cm³/mol. The molecule has 2 aliphatic rings. The highest BCUT2D eigenvalue weighted by molar-refractivity contribution is 5.77. The van der Waals surface area contributed by atoms with E-state index in [9.17, 15) is 4.79 Å². The van der Waals surface area contributed by atoms with Crippen molar-refractivity contribution in [1.29, 1.82) is 0 Å². The van der Waals surface area contributed by atoms with Gasteiger partial charge in [0.2, 0.25) is 5.91 Å². The van der Waals surface area contributed by atoms with Gasteiger partial charge in [-0.05, 0) is 37.0 Å². The molecule has 0 aromatic carbocycles. The minimum Gasteiger partial charge on any atom is -0.465 e. The van der Waals surface area contributed by atoms with Crippen LogP contribution in [-0.4, -0.2) is 57.9 Å². The molecule has 2 aromatic rings. The molecule has 4 heterocycles. The van der Waals surface area contributed by atoms with Crippen LogP contribution in [0.3, 0.4) is 0 Å². The molecular weight excluding hydrogens is 328 g/mol. The van der Waals surface area contributed by atoms with Gasteiger partial charge in [-0.2, -0.15) is 0 Å². The molecule has 0 radical (unpaired) electrons. The Balaban J connectivity index is 1.32. The number of nitrogens with zero attached hydrogens (tertiary/aromatic N) is 3. The molecule has 1 amide bonds. The third-order valence-corrected chi connectivity index (χ3v) is 5.59. The second-order valence-corrected chi connectivity index (χ2v) is 7.25. The molecule has 2 fully saturated rings. The molecule has 6 heteroatoms. The van der Waals surface area contributed by atoms with Gasteiger partial charge in [0.15, 0.2) is 0 Å². The maximum Gasteiger partial charge on any atom is 0.222 e. The molecule has 0 unspecified atom stereocenters. The average molecular weight is 354 g/mol. The fourth-order valence-electron chi connectivity index (χ4n) is 4.25. The van der Waals surface area contributed by atoms with Crippen molar-refractivity contribution < 1.29 is 9.21 Å². The van der Waals surface area contributed by atoms with Gasteiger partial charge in [0.05, 0.1) is 12.6 Å². The van der Waals surface area contributed by atoms with Crippen molar-refractivity contribution in [2.75, 3.05) is 26.2 Å². The zero-order valence-electron chi connectivity index (χ0n) is 15.0. The van der Waals surface area contributed by atoms with Crippen LogP contribution in [0.1, 0.15) is 30.7 Å². The van der Waals surface area contributed by atoms with E-state index in [1.54, 1.807) is 12.6 Å². The van der Waals surface area contributed by atoms with Crippen LogP contribution in [0.4, 0.5) is 0 Å². The quantitative estimate of drug-likeness (QED) is 0.866. The van der Waals surface area contributed by atoms with E-state index in [4.69, 9.17) is 4.42 Å². The number of carbonyl (C=O) groups excluding carboxylic acids is 1. The zero-order chi connectivity index (χ0) is 17.8. The van der Waals surface area contributed by atoms with E-state index < -0.39 is 0 Å². The van der Waals surface area contributed by atoms with Gasteiger partial charge in [-0.1, -0.05) is 6.08 Å². The number of likely N-dealkylation sites (tertiary alicyclic amines) is 2. The van der Waals surface area contributed by atoms with Crippen LogP contribution in [0, 0.1) is 5.92 Å². The Kier molecular flexibility index (Phi) is 5.20. The number of aromatic nitrogens is 2. The Labute approximate surface area is 153 Å². The number of rotatable bonds is 6. The molecule has 1 N–H and O–H groups in total. The van der Waals surface area contributed by atoms with E-state index in [1.165, 1.54) is 0 Å². The third kappa shape index (κ3) is 3.90. The van der Waals surface area contributed by atoms with Gasteiger partial charge in [0.25, 0.3) is 0 Å². The molecule has 0 saturated carbocycles. The van der Waals surface area contributed by atoms with E-state index in [-0.39, 0.29) is 0 Å². The van der Waals surface area contributed by atoms with Gasteiger partial charge in [-0.15, -0.1) is 0 Å². The summed E-state index contributed by atoms with van der Waals surface area (Å²) in [5.41, 5.74) is 1.10. The number of H-pyrrole nitrogens is 1. The van der Waals surface area contributed by atoms with E-state index in [2.05, 4.69) is 25.8 Å². The van der Waals surface area contributed by atoms with Crippen molar-refractivity contribution in [2.45, 2.75) is 31.7 Å². The Morgan fingerprint density at radius 1 is 1.38 bits per heavy atom. The van der Waals surface area contributed by atoms with Gasteiger partial charge < -0.3 is 14.3 Å². The lowest BCUT2D eigenvalue weighted by Gasteiger charge is -2.47. The Bertz CT molecular complexity index is 723. The summed E-state index contributed by atoms with van der Waals surface area (Å²) in [5.74, 6) is 1.80. The molecule has 2 saturated heterocycles. The highest BCUT2D eigenvalue weighted by Crippen LogP contribution is 2.31.